The first-order valence-electron chi connectivity index (χ1n) is 9.86. The van der Waals surface area contributed by atoms with Crippen LogP contribution in [0.3, 0.4) is 0 Å². The Labute approximate surface area is 193 Å². The molecule has 0 saturated heterocycles. The molecule has 4 rings (SSSR count). The number of nitrogens with one attached hydrogen (secondary N) is 1. The summed E-state index contributed by atoms with van der Waals surface area (Å²) in [5, 5.41) is 2.55. The van der Waals surface area contributed by atoms with Crippen LogP contribution in [0, 0.1) is 29.1 Å². The van der Waals surface area contributed by atoms with E-state index in [1.807, 2.05) is 0 Å². The zero-order valence-corrected chi connectivity index (χ0v) is 17.8. The largest absolute Gasteiger partial charge is 0.497 e. The van der Waals surface area contributed by atoms with E-state index in [1.165, 1.54) is 31.4 Å². The number of amides is 1. The topological polar surface area (TPSA) is 77.8 Å². The lowest BCUT2D eigenvalue weighted by Crippen LogP contribution is -2.21. The summed E-state index contributed by atoms with van der Waals surface area (Å²) in [5.74, 6) is -12.8. The molecule has 1 N–H and O–H groups in total. The number of hydrogen-bond donors (Lipinski definition) is 1. The Hall–Kier alpha value is -4.41. The molecule has 0 spiro atoms. The highest BCUT2D eigenvalue weighted by Gasteiger charge is 2.27. The summed E-state index contributed by atoms with van der Waals surface area (Å²) >= 11 is 0. The molecular weight excluding hydrogens is 477 g/mol. The first-order chi connectivity index (χ1) is 16.7. The zero-order chi connectivity index (χ0) is 25.3. The van der Waals surface area contributed by atoms with Gasteiger partial charge in [-0.15, -0.1) is 0 Å². The molecule has 1 amide bonds. The third-order valence-corrected chi connectivity index (χ3v) is 4.90. The maximum atomic E-state index is 13.7. The molecule has 1 heterocycles. The molecule has 0 aliphatic heterocycles. The van der Waals surface area contributed by atoms with Crippen LogP contribution >= 0.6 is 0 Å². The van der Waals surface area contributed by atoms with Gasteiger partial charge >= 0.3 is 0 Å². The van der Waals surface area contributed by atoms with Crippen LogP contribution in [0.5, 0.6) is 11.5 Å². The van der Waals surface area contributed by atoms with Gasteiger partial charge in [0.2, 0.25) is 29.1 Å². The van der Waals surface area contributed by atoms with Crippen LogP contribution in [0.2, 0.25) is 0 Å². The maximum Gasteiger partial charge on any atom is 0.262 e. The van der Waals surface area contributed by atoms with Gasteiger partial charge in [-0.3, -0.25) is 9.59 Å². The van der Waals surface area contributed by atoms with E-state index in [9.17, 15) is 31.5 Å². The molecule has 0 saturated carbocycles. The molecular formula is C24H14F5NO5. The fourth-order valence-corrected chi connectivity index (χ4v) is 3.18. The van der Waals surface area contributed by atoms with Crippen LogP contribution in [0.15, 0.2) is 57.7 Å². The number of anilines is 1. The Bertz CT molecular complexity index is 1470. The molecule has 180 valence electrons. The Morgan fingerprint density at radius 2 is 1.51 bits per heavy atom. The van der Waals surface area contributed by atoms with Crippen LogP contribution in [0.25, 0.3) is 22.3 Å². The van der Waals surface area contributed by atoms with Crippen LogP contribution in [-0.2, 0) is 4.79 Å². The molecule has 4 aromatic rings. The summed E-state index contributed by atoms with van der Waals surface area (Å²) in [7, 11) is 1.51. The molecule has 0 radical (unpaired) electrons. The summed E-state index contributed by atoms with van der Waals surface area (Å²) in [6.45, 7) is -1.06. The molecule has 0 unspecified atom stereocenters. The molecule has 0 bridgehead atoms. The van der Waals surface area contributed by atoms with Gasteiger partial charge in [0.05, 0.1) is 12.5 Å². The van der Waals surface area contributed by atoms with E-state index in [-0.39, 0.29) is 27.8 Å². The Morgan fingerprint density at radius 3 is 2.14 bits per heavy atom. The number of carbonyl (C=O) groups is 1. The first-order valence-corrected chi connectivity index (χ1v) is 9.86. The van der Waals surface area contributed by atoms with Gasteiger partial charge in [0, 0.05) is 23.4 Å². The van der Waals surface area contributed by atoms with E-state index in [2.05, 4.69) is 10.1 Å². The van der Waals surface area contributed by atoms with Crippen molar-refractivity contribution in [2.75, 3.05) is 19.0 Å². The second-order valence-corrected chi connectivity index (χ2v) is 7.15. The Balaban J connectivity index is 1.54. The van der Waals surface area contributed by atoms with Crippen molar-refractivity contribution in [2.45, 2.75) is 0 Å². The van der Waals surface area contributed by atoms with E-state index >= 15 is 0 Å². The smallest absolute Gasteiger partial charge is 0.262 e. The predicted octanol–water partition coefficient (Wildman–Crippen LogP) is 5.18. The van der Waals surface area contributed by atoms with Gasteiger partial charge < -0.3 is 19.2 Å². The van der Waals surface area contributed by atoms with Gasteiger partial charge in [-0.05, 0) is 36.4 Å². The first kappa shape index (κ1) is 23.7. The van der Waals surface area contributed by atoms with Gasteiger partial charge in [-0.2, -0.15) is 8.78 Å². The molecule has 0 aliphatic rings. The van der Waals surface area contributed by atoms with Crippen molar-refractivity contribution in [1.82, 2.24) is 0 Å². The monoisotopic (exact) mass is 491 g/mol. The maximum absolute atomic E-state index is 13.7. The molecule has 0 fully saturated rings. The van der Waals surface area contributed by atoms with Crippen molar-refractivity contribution in [3.05, 3.63) is 87.8 Å². The minimum absolute atomic E-state index is 0.124. The Kier molecular flexibility index (Phi) is 6.41. The third kappa shape index (κ3) is 4.65. The molecule has 6 nitrogen and oxygen atoms in total. The number of hydrogen-bond acceptors (Lipinski definition) is 5. The molecule has 0 aliphatic carbocycles. The van der Waals surface area contributed by atoms with Crippen molar-refractivity contribution in [3.63, 3.8) is 0 Å². The zero-order valence-electron chi connectivity index (χ0n) is 17.8. The quantitative estimate of drug-likeness (QED) is 0.229. The molecule has 3 aromatic carbocycles. The second-order valence-electron chi connectivity index (χ2n) is 7.15. The van der Waals surface area contributed by atoms with E-state index in [1.54, 1.807) is 24.3 Å². The minimum atomic E-state index is -2.34. The lowest BCUT2D eigenvalue weighted by Gasteiger charge is -2.11. The average Bonchev–Trinajstić information content (AvgIpc) is 2.86. The van der Waals surface area contributed by atoms with Crippen LogP contribution in [0.1, 0.15) is 0 Å². The standard InChI is InChI=1S/C24H14F5NO5/c1-33-13-5-2-11(3-6-13)16-9-15(31)14-7-4-12(8-17(14)35-16)30-18(32)10-34-24-22(28)20(26)19(25)21(27)23(24)29/h2-9H,10H2,1H3,(H,30,32). The summed E-state index contributed by atoms with van der Waals surface area (Å²) in [4.78, 5) is 24.6. The van der Waals surface area contributed by atoms with Gasteiger partial charge in [0.15, 0.2) is 17.8 Å². The molecule has 1 aromatic heterocycles. The van der Waals surface area contributed by atoms with Crippen molar-refractivity contribution in [3.8, 4) is 22.8 Å². The van der Waals surface area contributed by atoms with Crippen LogP contribution in [0.4, 0.5) is 27.6 Å². The summed E-state index contributed by atoms with van der Waals surface area (Å²) in [6.07, 6.45) is 0. The summed E-state index contributed by atoms with van der Waals surface area (Å²) in [5.41, 5.74) is 0.500. The summed E-state index contributed by atoms with van der Waals surface area (Å²) in [6, 6.07) is 12.1. The van der Waals surface area contributed by atoms with Gasteiger partial charge in [-0.1, -0.05) is 0 Å². The minimum Gasteiger partial charge on any atom is -0.497 e. The third-order valence-electron chi connectivity index (χ3n) is 4.90. The fraction of sp³-hybridized carbons (Fsp3) is 0.0833. The molecule has 11 heteroatoms. The molecule has 0 atom stereocenters. The van der Waals surface area contributed by atoms with E-state index in [4.69, 9.17) is 9.15 Å². The number of benzene rings is 3. The Morgan fingerprint density at radius 1 is 0.886 bits per heavy atom. The van der Waals surface area contributed by atoms with Gasteiger partial charge in [-0.25, -0.2) is 13.2 Å². The van der Waals surface area contributed by atoms with Crippen molar-refractivity contribution >= 4 is 22.6 Å². The highest BCUT2D eigenvalue weighted by molar-refractivity contribution is 5.94. The van der Waals surface area contributed by atoms with Crippen LogP contribution < -0.4 is 20.2 Å². The van der Waals surface area contributed by atoms with E-state index < -0.39 is 47.3 Å². The average molecular weight is 491 g/mol. The van der Waals surface area contributed by atoms with Crippen molar-refractivity contribution < 1.29 is 40.6 Å². The lowest BCUT2D eigenvalue weighted by atomic mass is 10.1. The molecule has 35 heavy (non-hydrogen) atoms. The number of carbonyl (C=O) groups excluding carboxylic acids is 1. The van der Waals surface area contributed by atoms with E-state index in [0.717, 1.165) is 0 Å². The lowest BCUT2D eigenvalue weighted by molar-refractivity contribution is -0.118. The van der Waals surface area contributed by atoms with Crippen LogP contribution in [-0.4, -0.2) is 19.6 Å². The van der Waals surface area contributed by atoms with Gasteiger partial charge in [0.1, 0.15) is 17.1 Å². The fourth-order valence-electron chi connectivity index (χ4n) is 3.18. The highest BCUT2D eigenvalue weighted by atomic mass is 19.2. The predicted molar refractivity (Wildman–Crippen MR) is 115 cm³/mol. The number of fused-ring (bicyclic) bond motifs is 1. The summed E-state index contributed by atoms with van der Waals surface area (Å²) < 4.78 is 82.4. The van der Waals surface area contributed by atoms with Crippen molar-refractivity contribution in [1.29, 1.82) is 0 Å². The van der Waals surface area contributed by atoms with E-state index in [0.29, 0.717) is 11.3 Å². The highest BCUT2D eigenvalue weighted by Crippen LogP contribution is 2.29. The number of rotatable bonds is 6. The SMILES string of the molecule is COc1ccc(-c2cc(=O)c3ccc(NC(=O)COc4c(F)c(F)c(F)c(F)c4F)cc3o2)cc1. The second kappa shape index (κ2) is 9.45. The number of ether oxygens (including phenoxy) is 2. The number of halogens is 5. The van der Waals surface area contributed by atoms with Gasteiger partial charge in [0.25, 0.3) is 5.91 Å². The normalized spacial score (nSPS) is 10.9. The van der Waals surface area contributed by atoms with Crippen molar-refractivity contribution in [2.24, 2.45) is 0 Å². The number of methoxy groups -OCH3 is 1.